The van der Waals surface area contributed by atoms with Crippen LogP contribution >= 0.6 is 0 Å². The number of nitro groups is 1. The number of carbonyl (C=O) groups is 1. The molecule has 1 aliphatic rings. The third kappa shape index (κ3) is 3.52. The smallest absolute Gasteiger partial charge is 0.331 e. The van der Waals surface area contributed by atoms with E-state index in [1.54, 1.807) is 0 Å². The minimum absolute atomic E-state index is 0.0127. The Morgan fingerprint density at radius 2 is 1.92 bits per heavy atom. The second kappa shape index (κ2) is 6.82. The largest absolute Gasteiger partial charge is 0.458 e. The molecule has 2 aromatic rings. The number of esters is 1. The number of carbonyl (C=O) groups excluding carboxylic acids is 1. The summed E-state index contributed by atoms with van der Waals surface area (Å²) in [6.45, 7) is 0.145. The highest BCUT2D eigenvalue weighted by molar-refractivity contribution is 5.88. The summed E-state index contributed by atoms with van der Waals surface area (Å²) in [4.78, 5) is 22.4. The van der Waals surface area contributed by atoms with Gasteiger partial charge in [-0.3, -0.25) is 10.1 Å². The van der Waals surface area contributed by atoms with E-state index in [-0.39, 0.29) is 24.7 Å². The summed E-state index contributed by atoms with van der Waals surface area (Å²) in [6.07, 6.45) is 2.47. The number of ether oxygens (including phenoxy) is 3. The van der Waals surface area contributed by atoms with Crippen LogP contribution < -0.4 is 9.47 Å². The van der Waals surface area contributed by atoms with Crippen molar-refractivity contribution in [3.05, 3.63) is 69.8 Å². The van der Waals surface area contributed by atoms with Crippen LogP contribution in [0.2, 0.25) is 0 Å². The van der Waals surface area contributed by atoms with E-state index >= 15 is 0 Å². The normalized spacial score (nSPS) is 12.3. The molecule has 0 fully saturated rings. The standard InChI is InChI=1S/C17H13NO6/c19-17(22-10-12-4-2-1-3-5-12)7-6-13-8-15-16(24-11-23-15)9-14(13)18(20)21/h1-9H,10-11H2/b7-6+. The van der Waals surface area contributed by atoms with Crippen molar-refractivity contribution >= 4 is 17.7 Å². The highest BCUT2D eigenvalue weighted by atomic mass is 16.7. The monoisotopic (exact) mass is 327 g/mol. The molecule has 7 nitrogen and oxygen atoms in total. The van der Waals surface area contributed by atoms with E-state index in [2.05, 4.69) is 0 Å². The fraction of sp³-hybridized carbons (Fsp3) is 0.118. The molecule has 1 heterocycles. The first-order valence-corrected chi connectivity index (χ1v) is 7.10. The molecule has 3 rings (SSSR count). The molecular formula is C17H13NO6. The van der Waals surface area contributed by atoms with Crippen molar-refractivity contribution in [3.8, 4) is 11.5 Å². The van der Waals surface area contributed by atoms with Crippen molar-refractivity contribution < 1.29 is 23.9 Å². The Labute approximate surface area is 137 Å². The lowest BCUT2D eigenvalue weighted by molar-refractivity contribution is -0.385. The van der Waals surface area contributed by atoms with E-state index in [0.29, 0.717) is 11.5 Å². The number of rotatable bonds is 5. The maximum atomic E-state index is 11.8. The van der Waals surface area contributed by atoms with Gasteiger partial charge in [0.2, 0.25) is 6.79 Å². The van der Waals surface area contributed by atoms with Gasteiger partial charge >= 0.3 is 5.97 Å². The maximum absolute atomic E-state index is 11.8. The molecule has 0 saturated heterocycles. The van der Waals surface area contributed by atoms with Crippen LogP contribution in [0.1, 0.15) is 11.1 Å². The molecule has 1 aliphatic heterocycles. The van der Waals surface area contributed by atoms with Gasteiger partial charge < -0.3 is 14.2 Å². The summed E-state index contributed by atoms with van der Waals surface area (Å²) in [5.41, 5.74) is 0.917. The zero-order valence-electron chi connectivity index (χ0n) is 12.5. The van der Waals surface area contributed by atoms with Crippen LogP contribution in [-0.4, -0.2) is 17.7 Å². The zero-order chi connectivity index (χ0) is 16.9. The van der Waals surface area contributed by atoms with Crippen LogP contribution in [0.5, 0.6) is 11.5 Å². The van der Waals surface area contributed by atoms with Gasteiger partial charge in [-0.15, -0.1) is 0 Å². The SMILES string of the molecule is O=C(/C=C/c1cc2c(cc1[N+](=O)[O-])OCO2)OCc1ccccc1. The van der Waals surface area contributed by atoms with Crippen LogP contribution in [0.25, 0.3) is 6.08 Å². The van der Waals surface area contributed by atoms with E-state index in [1.807, 2.05) is 30.3 Å². The van der Waals surface area contributed by atoms with Gasteiger partial charge in [0.1, 0.15) is 6.61 Å². The van der Waals surface area contributed by atoms with Gasteiger partial charge in [-0.05, 0) is 17.7 Å². The van der Waals surface area contributed by atoms with Crippen molar-refractivity contribution in [1.82, 2.24) is 0 Å². The maximum Gasteiger partial charge on any atom is 0.331 e. The third-order valence-corrected chi connectivity index (χ3v) is 3.34. The summed E-state index contributed by atoms with van der Waals surface area (Å²) in [5, 5.41) is 11.1. The van der Waals surface area contributed by atoms with Crippen LogP contribution in [0.4, 0.5) is 5.69 Å². The number of nitro benzene ring substituents is 1. The van der Waals surface area contributed by atoms with Crippen molar-refractivity contribution in [1.29, 1.82) is 0 Å². The molecule has 2 aromatic carbocycles. The predicted octanol–water partition coefficient (Wildman–Crippen LogP) is 3.08. The highest BCUT2D eigenvalue weighted by Gasteiger charge is 2.22. The number of fused-ring (bicyclic) bond motifs is 1. The van der Waals surface area contributed by atoms with Gasteiger partial charge in [-0.1, -0.05) is 30.3 Å². The Morgan fingerprint density at radius 1 is 1.21 bits per heavy atom. The molecule has 0 unspecified atom stereocenters. The summed E-state index contributed by atoms with van der Waals surface area (Å²) >= 11 is 0. The van der Waals surface area contributed by atoms with E-state index in [4.69, 9.17) is 14.2 Å². The van der Waals surface area contributed by atoms with Crippen molar-refractivity contribution in [3.63, 3.8) is 0 Å². The van der Waals surface area contributed by atoms with Gasteiger partial charge in [0.05, 0.1) is 16.6 Å². The summed E-state index contributed by atoms with van der Waals surface area (Å²) in [6, 6.07) is 12.0. The Kier molecular flexibility index (Phi) is 4.42. The molecule has 0 bridgehead atoms. The second-order valence-corrected chi connectivity index (χ2v) is 4.95. The topological polar surface area (TPSA) is 87.9 Å². The molecule has 0 spiro atoms. The van der Waals surface area contributed by atoms with Crippen LogP contribution in [-0.2, 0) is 16.1 Å². The van der Waals surface area contributed by atoms with Crippen LogP contribution in [0.3, 0.4) is 0 Å². The molecule has 0 aliphatic carbocycles. The molecule has 0 atom stereocenters. The van der Waals surface area contributed by atoms with Gasteiger partial charge in [0.15, 0.2) is 11.5 Å². The molecule has 0 aromatic heterocycles. The van der Waals surface area contributed by atoms with Crippen molar-refractivity contribution in [2.45, 2.75) is 6.61 Å². The number of hydrogen-bond acceptors (Lipinski definition) is 6. The quantitative estimate of drug-likeness (QED) is 0.363. The van der Waals surface area contributed by atoms with Crippen LogP contribution in [0, 0.1) is 10.1 Å². The lowest BCUT2D eigenvalue weighted by atomic mass is 10.1. The molecule has 0 radical (unpaired) electrons. The molecule has 7 heteroatoms. The highest BCUT2D eigenvalue weighted by Crippen LogP contribution is 2.38. The molecule has 122 valence electrons. The summed E-state index contributed by atoms with van der Waals surface area (Å²) < 4.78 is 15.4. The van der Waals surface area contributed by atoms with Gasteiger partial charge in [0.25, 0.3) is 5.69 Å². The number of hydrogen-bond donors (Lipinski definition) is 0. The molecule has 0 amide bonds. The fourth-order valence-electron chi connectivity index (χ4n) is 2.17. The van der Waals surface area contributed by atoms with Crippen molar-refractivity contribution in [2.75, 3.05) is 6.79 Å². The lowest BCUT2D eigenvalue weighted by Crippen LogP contribution is -2.00. The molecule has 24 heavy (non-hydrogen) atoms. The molecular weight excluding hydrogens is 314 g/mol. The molecule has 0 N–H and O–H groups in total. The van der Waals surface area contributed by atoms with Gasteiger partial charge in [-0.25, -0.2) is 4.79 Å². The average Bonchev–Trinajstić information content (AvgIpc) is 3.05. The number of benzene rings is 2. The molecule has 0 saturated carbocycles. The van der Waals surface area contributed by atoms with E-state index in [9.17, 15) is 14.9 Å². The minimum atomic E-state index is -0.592. The first-order chi connectivity index (χ1) is 11.6. The number of nitrogens with zero attached hydrogens (tertiary/aromatic N) is 1. The minimum Gasteiger partial charge on any atom is -0.458 e. The van der Waals surface area contributed by atoms with E-state index in [1.165, 1.54) is 18.2 Å². The summed E-state index contributed by atoms with van der Waals surface area (Å²) in [7, 11) is 0. The Morgan fingerprint density at radius 3 is 2.62 bits per heavy atom. The van der Waals surface area contributed by atoms with Crippen molar-refractivity contribution in [2.24, 2.45) is 0 Å². The first-order valence-electron chi connectivity index (χ1n) is 7.10. The van der Waals surface area contributed by atoms with Crippen LogP contribution in [0.15, 0.2) is 48.5 Å². The van der Waals surface area contributed by atoms with E-state index in [0.717, 1.165) is 11.6 Å². The first kappa shape index (κ1) is 15.5. The zero-order valence-corrected chi connectivity index (χ0v) is 12.5. The van der Waals surface area contributed by atoms with E-state index < -0.39 is 10.9 Å². The average molecular weight is 327 g/mol. The lowest BCUT2D eigenvalue weighted by Gasteiger charge is -2.02. The van der Waals surface area contributed by atoms with Gasteiger partial charge in [-0.2, -0.15) is 0 Å². The third-order valence-electron chi connectivity index (χ3n) is 3.34. The Balaban J connectivity index is 1.71. The van der Waals surface area contributed by atoms with Gasteiger partial charge in [0, 0.05) is 6.08 Å². The Hall–Kier alpha value is -3.35. The fourth-order valence-corrected chi connectivity index (χ4v) is 2.17. The Bertz CT molecular complexity index is 800. The second-order valence-electron chi connectivity index (χ2n) is 4.95. The predicted molar refractivity (Wildman–Crippen MR) is 84.5 cm³/mol. The summed E-state index contributed by atoms with van der Waals surface area (Å²) in [5.74, 6) is 0.120.